The van der Waals surface area contributed by atoms with Crippen LogP contribution in [0.15, 0.2) is 0 Å². The van der Waals surface area contributed by atoms with E-state index in [4.69, 9.17) is 5.11 Å². The monoisotopic (exact) mass is 222 g/mol. The van der Waals surface area contributed by atoms with Gasteiger partial charge in [0.1, 0.15) is 0 Å². The summed E-state index contributed by atoms with van der Waals surface area (Å²) in [7, 11) is 0. The maximum absolute atomic E-state index is 8.54. The molecule has 0 aromatic carbocycles. The summed E-state index contributed by atoms with van der Waals surface area (Å²) in [6.45, 7) is 4.87. The molecule has 1 N–H and O–H groups in total. The first-order valence-corrected chi connectivity index (χ1v) is 5.41. The van der Waals surface area contributed by atoms with Gasteiger partial charge in [-0.05, 0) is 18.3 Å². The fraction of sp³-hybridized carbons (Fsp3) is 1.00. The van der Waals surface area contributed by atoms with Crippen LogP contribution < -0.4 is 0 Å². The van der Waals surface area contributed by atoms with Crippen LogP contribution >= 0.6 is 15.9 Å². The van der Waals surface area contributed by atoms with E-state index in [-0.39, 0.29) is 0 Å². The van der Waals surface area contributed by atoms with Crippen molar-refractivity contribution in [1.29, 1.82) is 0 Å². The van der Waals surface area contributed by atoms with Crippen molar-refractivity contribution in [3.05, 3.63) is 0 Å². The Morgan fingerprint density at radius 2 is 1.82 bits per heavy atom. The number of aliphatic hydroxyl groups is 1. The predicted octanol–water partition coefficient (Wildman–Crippen LogP) is 2.96. The minimum atomic E-state index is 0.342. The number of rotatable bonds is 6. The summed E-state index contributed by atoms with van der Waals surface area (Å²) >= 11 is 3.49. The average Bonchev–Trinajstić information content (AvgIpc) is 1.99. The molecule has 2 heteroatoms. The molecule has 0 radical (unpaired) electrons. The van der Waals surface area contributed by atoms with E-state index in [1.165, 1.54) is 12.8 Å². The van der Waals surface area contributed by atoms with Gasteiger partial charge in [0.2, 0.25) is 0 Å². The molecule has 1 nitrogen and oxygen atoms in total. The van der Waals surface area contributed by atoms with Crippen molar-refractivity contribution in [1.82, 2.24) is 0 Å². The Morgan fingerprint density at radius 3 is 2.27 bits per heavy atom. The van der Waals surface area contributed by atoms with Gasteiger partial charge in [0, 0.05) is 11.9 Å². The number of hydrogen-bond acceptors (Lipinski definition) is 1. The van der Waals surface area contributed by atoms with Gasteiger partial charge in [-0.2, -0.15) is 0 Å². The van der Waals surface area contributed by atoms with E-state index in [0.29, 0.717) is 12.0 Å². The zero-order valence-corrected chi connectivity index (χ0v) is 9.15. The number of hydrogen-bond donors (Lipinski definition) is 1. The zero-order chi connectivity index (χ0) is 8.74. The summed E-state index contributed by atoms with van der Waals surface area (Å²) in [6.07, 6.45) is 4.60. The van der Waals surface area contributed by atoms with Crippen molar-refractivity contribution in [3.63, 3.8) is 0 Å². The first-order chi connectivity index (χ1) is 5.12. The molecular formula is C9H19BrO. The van der Waals surface area contributed by atoms with E-state index in [2.05, 4.69) is 29.8 Å². The second kappa shape index (κ2) is 6.01. The van der Waals surface area contributed by atoms with Gasteiger partial charge in [-0.1, -0.05) is 42.6 Å². The van der Waals surface area contributed by atoms with Crippen LogP contribution in [0.4, 0.5) is 0 Å². The fourth-order valence-electron chi connectivity index (χ4n) is 0.959. The molecule has 68 valence electrons. The third-order valence-corrected chi connectivity index (χ3v) is 3.39. The summed E-state index contributed by atoms with van der Waals surface area (Å²) in [6, 6.07) is 0. The van der Waals surface area contributed by atoms with E-state index in [1.54, 1.807) is 0 Å². The molecule has 0 aromatic rings. The van der Waals surface area contributed by atoms with Crippen LogP contribution in [-0.2, 0) is 0 Å². The van der Waals surface area contributed by atoms with Gasteiger partial charge in [0.15, 0.2) is 0 Å². The minimum absolute atomic E-state index is 0.342. The van der Waals surface area contributed by atoms with Gasteiger partial charge < -0.3 is 5.11 Å². The Balaban J connectivity index is 3.23. The lowest BCUT2D eigenvalue weighted by Crippen LogP contribution is -2.12. The van der Waals surface area contributed by atoms with Crippen LogP contribution in [0.25, 0.3) is 0 Å². The second-order valence-electron chi connectivity index (χ2n) is 3.83. The Morgan fingerprint density at radius 1 is 1.18 bits per heavy atom. The van der Waals surface area contributed by atoms with E-state index in [0.717, 1.165) is 18.2 Å². The molecule has 0 saturated heterocycles. The van der Waals surface area contributed by atoms with E-state index >= 15 is 0 Å². The Kier molecular flexibility index (Phi) is 6.25. The van der Waals surface area contributed by atoms with E-state index < -0.39 is 0 Å². The standard InChI is InChI=1S/C9H19BrO/c1-9(2,8-10)6-4-3-5-7-11/h11H,3-8H2,1-2H3. The molecule has 0 heterocycles. The molecule has 0 aliphatic rings. The van der Waals surface area contributed by atoms with Crippen LogP contribution in [0, 0.1) is 5.41 Å². The molecule has 0 saturated carbocycles. The smallest absolute Gasteiger partial charge is 0.0431 e. The lowest BCUT2D eigenvalue weighted by molar-refractivity contribution is 0.276. The maximum atomic E-state index is 8.54. The fourth-order valence-corrected chi connectivity index (χ4v) is 1.24. The van der Waals surface area contributed by atoms with Crippen LogP contribution in [0.1, 0.15) is 39.5 Å². The summed E-state index contributed by atoms with van der Waals surface area (Å²) < 4.78 is 0. The molecule has 0 fully saturated rings. The van der Waals surface area contributed by atoms with Crippen molar-refractivity contribution >= 4 is 15.9 Å². The largest absolute Gasteiger partial charge is 0.396 e. The normalized spacial score (nSPS) is 12.0. The number of unbranched alkanes of at least 4 members (excludes halogenated alkanes) is 2. The highest BCUT2D eigenvalue weighted by Gasteiger charge is 2.14. The van der Waals surface area contributed by atoms with Crippen LogP contribution in [0.3, 0.4) is 0 Å². The van der Waals surface area contributed by atoms with Gasteiger partial charge in [0.05, 0.1) is 0 Å². The van der Waals surface area contributed by atoms with Crippen molar-refractivity contribution in [3.8, 4) is 0 Å². The molecule has 0 amide bonds. The third kappa shape index (κ3) is 6.82. The Hall–Kier alpha value is 0.440. The number of aliphatic hydroxyl groups excluding tert-OH is 1. The molecule has 0 bridgehead atoms. The number of alkyl halides is 1. The average molecular weight is 223 g/mol. The van der Waals surface area contributed by atoms with Gasteiger partial charge >= 0.3 is 0 Å². The Labute approximate surface area is 78.3 Å². The quantitative estimate of drug-likeness (QED) is 0.542. The van der Waals surface area contributed by atoms with Gasteiger partial charge in [-0.15, -0.1) is 0 Å². The van der Waals surface area contributed by atoms with Crippen molar-refractivity contribution in [2.45, 2.75) is 39.5 Å². The topological polar surface area (TPSA) is 20.2 Å². The molecular weight excluding hydrogens is 204 g/mol. The molecule has 0 unspecified atom stereocenters. The lowest BCUT2D eigenvalue weighted by atomic mass is 9.89. The van der Waals surface area contributed by atoms with Gasteiger partial charge in [0.25, 0.3) is 0 Å². The second-order valence-corrected chi connectivity index (χ2v) is 4.39. The highest BCUT2D eigenvalue weighted by atomic mass is 79.9. The lowest BCUT2D eigenvalue weighted by Gasteiger charge is -2.20. The van der Waals surface area contributed by atoms with Crippen molar-refractivity contribution < 1.29 is 5.11 Å². The first kappa shape index (κ1) is 11.4. The number of halogens is 1. The predicted molar refractivity (Wildman–Crippen MR) is 53.1 cm³/mol. The summed E-state index contributed by atoms with van der Waals surface area (Å²) in [5, 5.41) is 9.61. The summed E-state index contributed by atoms with van der Waals surface area (Å²) in [4.78, 5) is 0. The maximum Gasteiger partial charge on any atom is 0.0431 e. The minimum Gasteiger partial charge on any atom is -0.396 e. The highest BCUT2D eigenvalue weighted by Crippen LogP contribution is 2.25. The third-order valence-electron chi connectivity index (χ3n) is 1.87. The Bertz CT molecular complexity index is 91.6. The molecule has 0 rings (SSSR count). The SMILES string of the molecule is CC(C)(CBr)CCCCCO. The molecule has 0 atom stereocenters. The molecule has 11 heavy (non-hydrogen) atoms. The molecule has 0 aliphatic carbocycles. The molecule has 0 aromatic heterocycles. The first-order valence-electron chi connectivity index (χ1n) is 4.29. The van der Waals surface area contributed by atoms with Crippen molar-refractivity contribution in [2.75, 3.05) is 11.9 Å². The van der Waals surface area contributed by atoms with E-state index in [1.807, 2.05) is 0 Å². The summed E-state index contributed by atoms with van der Waals surface area (Å²) in [5.74, 6) is 0. The zero-order valence-electron chi connectivity index (χ0n) is 7.57. The van der Waals surface area contributed by atoms with Crippen molar-refractivity contribution in [2.24, 2.45) is 5.41 Å². The van der Waals surface area contributed by atoms with E-state index in [9.17, 15) is 0 Å². The van der Waals surface area contributed by atoms with Crippen LogP contribution in [-0.4, -0.2) is 17.0 Å². The van der Waals surface area contributed by atoms with Crippen LogP contribution in [0.2, 0.25) is 0 Å². The summed E-state index contributed by atoms with van der Waals surface area (Å²) in [5.41, 5.74) is 0.426. The highest BCUT2D eigenvalue weighted by molar-refractivity contribution is 9.09. The van der Waals surface area contributed by atoms with Gasteiger partial charge in [-0.3, -0.25) is 0 Å². The van der Waals surface area contributed by atoms with Crippen LogP contribution in [0.5, 0.6) is 0 Å². The molecule has 0 aliphatic heterocycles. The van der Waals surface area contributed by atoms with Gasteiger partial charge in [-0.25, -0.2) is 0 Å². The molecule has 0 spiro atoms.